The van der Waals surface area contributed by atoms with Crippen LogP contribution in [0.1, 0.15) is 37.8 Å². The summed E-state index contributed by atoms with van der Waals surface area (Å²) >= 11 is 0. The van der Waals surface area contributed by atoms with Crippen molar-refractivity contribution < 1.29 is 19.1 Å². The number of rotatable bonds is 2. The molecule has 2 aliphatic heterocycles. The molecule has 2 fully saturated rings. The molecular formula is C18H18O4. The summed E-state index contributed by atoms with van der Waals surface area (Å²) in [5, 5.41) is 0. The summed E-state index contributed by atoms with van der Waals surface area (Å²) in [4.78, 5) is 23.4. The molecule has 0 N–H and O–H groups in total. The standard InChI is InChI=1S/C18H18O4/c1-11(15-6-8-21-17(15)19)13-4-3-5-14(10-13)12(2)16-7-9-22-18(16)20/h3-5,10H,6-9H2,1-2H3/b15-11-,16-12+. The van der Waals surface area contributed by atoms with Crippen molar-refractivity contribution in [3.05, 3.63) is 46.5 Å². The Labute approximate surface area is 129 Å². The van der Waals surface area contributed by atoms with Crippen molar-refractivity contribution in [3.8, 4) is 0 Å². The highest BCUT2D eigenvalue weighted by atomic mass is 16.5. The number of esters is 2. The maximum Gasteiger partial charge on any atom is 0.334 e. The predicted molar refractivity (Wildman–Crippen MR) is 82.8 cm³/mol. The zero-order valence-corrected chi connectivity index (χ0v) is 12.8. The Balaban J connectivity index is 2.00. The van der Waals surface area contributed by atoms with E-state index >= 15 is 0 Å². The van der Waals surface area contributed by atoms with Gasteiger partial charge in [-0.25, -0.2) is 9.59 Å². The van der Waals surface area contributed by atoms with Crippen molar-refractivity contribution in [1.29, 1.82) is 0 Å². The molecule has 114 valence electrons. The molecule has 0 unspecified atom stereocenters. The zero-order valence-electron chi connectivity index (χ0n) is 12.8. The number of carbonyl (C=O) groups excluding carboxylic acids is 2. The first kappa shape index (κ1) is 14.6. The van der Waals surface area contributed by atoms with Crippen LogP contribution in [0, 0.1) is 0 Å². The highest BCUT2D eigenvalue weighted by Crippen LogP contribution is 2.29. The van der Waals surface area contributed by atoms with Crippen LogP contribution >= 0.6 is 0 Å². The summed E-state index contributed by atoms with van der Waals surface area (Å²) in [7, 11) is 0. The fourth-order valence-electron chi connectivity index (χ4n) is 2.89. The van der Waals surface area contributed by atoms with Crippen LogP contribution in [0.15, 0.2) is 35.4 Å². The lowest BCUT2D eigenvalue weighted by Gasteiger charge is -2.09. The number of cyclic esters (lactones) is 2. The second-order valence-electron chi connectivity index (χ2n) is 5.56. The average molecular weight is 298 g/mol. The second kappa shape index (κ2) is 5.79. The minimum Gasteiger partial charge on any atom is -0.462 e. The largest absolute Gasteiger partial charge is 0.462 e. The quantitative estimate of drug-likeness (QED) is 0.622. The molecule has 2 saturated heterocycles. The minimum absolute atomic E-state index is 0.225. The van der Waals surface area contributed by atoms with E-state index in [0.717, 1.165) is 33.4 Å². The Morgan fingerprint density at radius 3 is 1.68 bits per heavy atom. The zero-order chi connectivity index (χ0) is 15.7. The molecule has 0 amide bonds. The van der Waals surface area contributed by atoms with E-state index < -0.39 is 0 Å². The van der Waals surface area contributed by atoms with Crippen molar-refractivity contribution in [2.75, 3.05) is 13.2 Å². The summed E-state index contributed by atoms with van der Waals surface area (Å²) in [6.45, 7) is 4.79. The van der Waals surface area contributed by atoms with Gasteiger partial charge in [-0.05, 0) is 42.2 Å². The first-order valence-electron chi connectivity index (χ1n) is 7.42. The molecule has 2 heterocycles. The van der Waals surface area contributed by atoms with Crippen molar-refractivity contribution in [1.82, 2.24) is 0 Å². The van der Waals surface area contributed by atoms with Gasteiger partial charge in [0.2, 0.25) is 0 Å². The van der Waals surface area contributed by atoms with E-state index in [4.69, 9.17) is 9.47 Å². The van der Waals surface area contributed by atoms with Crippen LogP contribution in [-0.2, 0) is 19.1 Å². The number of ether oxygens (including phenoxy) is 2. The maximum atomic E-state index is 11.7. The van der Waals surface area contributed by atoms with Crippen LogP contribution in [-0.4, -0.2) is 25.2 Å². The van der Waals surface area contributed by atoms with E-state index in [1.165, 1.54) is 0 Å². The lowest BCUT2D eigenvalue weighted by Crippen LogP contribution is -1.99. The minimum atomic E-state index is -0.225. The van der Waals surface area contributed by atoms with Crippen LogP contribution in [0.3, 0.4) is 0 Å². The molecule has 3 rings (SSSR count). The van der Waals surface area contributed by atoms with E-state index in [1.807, 2.05) is 38.1 Å². The Kier molecular flexibility index (Phi) is 3.84. The topological polar surface area (TPSA) is 52.6 Å². The molecule has 22 heavy (non-hydrogen) atoms. The van der Waals surface area contributed by atoms with Crippen LogP contribution in [0.2, 0.25) is 0 Å². The molecular weight excluding hydrogens is 280 g/mol. The van der Waals surface area contributed by atoms with E-state index in [0.29, 0.717) is 26.1 Å². The number of hydrogen-bond donors (Lipinski definition) is 0. The van der Waals surface area contributed by atoms with Gasteiger partial charge in [0.05, 0.1) is 13.2 Å². The maximum absolute atomic E-state index is 11.7. The predicted octanol–water partition coefficient (Wildman–Crippen LogP) is 3.13. The number of carbonyl (C=O) groups is 2. The molecule has 1 aromatic rings. The van der Waals surface area contributed by atoms with Gasteiger partial charge >= 0.3 is 11.9 Å². The molecule has 0 bridgehead atoms. The van der Waals surface area contributed by atoms with Crippen molar-refractivity contribution >= 4 is 23.1 Å². The van der Waals surface area contributed by atoms with Gasteiger partial charge in [-0.15, -0.1) is 0 Å². The van der Waals surface area contributed by atoms with Gasteiger partial charge in [-0.2, -0.15) is 0 Å². The van der Waals surface area contributed by atoms with Gasteiger partial charge in [0, 0.05) is 24.0 Å². The normalized spacial score (nSPS) is 22.5. The molecule has 0 aromatic heterocycles. The number of hydrogen-bond acceptors (Lipinski definition) is 4. The molecule has 0 aliphatic carbocycles. The van der Waals surface area contributed by atoms with E-state index in [1.54, 1.807) is 0 Å². The summed E-state index contributed by atoms with van der Waals surface area (Å²) in [5.74, 6) is -0.449. The Morgan fingerprint density at radius 1 is 0.864 bits per heavy atom. The third-order valence-electron chi connectivity index (χ3n) is 4.30. The second-order valence-corrected chi connectivity index (χ2v) is 5.56. The number of benzene rings is 1. The molecule has 0 spiro atoms. The monoisotopic (exact) mass is 298 g/mol. The van der Waals surface area contributed by atoms with Crippen molar-refractivity contribution in [2.24, 2.45) is 0 Å². The molecule has 0 saturated carbocycles. The van der Waals surface area contributed by atoms with E-state index in [9.17, 15) is 9.59 Å². The van der Waals surface area contributed by atoms with Crippen molar-refractivity contribution in [2.45, 2.75) is 26.7 Å². The Morgan fingerprint density at radius 2 is 1.32 bits per heavy atom. The third kappa shape index (κ3) is 2.56. The van der Waals surface area contributed by atoms with Crippen LogP contribution < -0.4 is 0 Å². The average Bonchev–Trinajstić information content (AvgIpc) is 3.14. The number of allylic oxidation sites excluding steroid dienone is 2. The molecule has 4 heteroatoms. The molecule has 2 aliphatic rings. The van der Waals surface area contributed by atoms with Gasteiger partial charge in [0.1, 0.15) is 0 Å². The van der Waals surface area contributed by atoms with Crippen LogP contribution in [0.25, 0.3) is 11.1 Å². The lowest BCUT2D eigenvalue weighted by atomic mass is 9.94. The first-order chi connectivity index (χ1) is 10.6. The van der Waals surface area contributed by atoms with Gasteiger partial charge < -0.3 is 9.47 Å². The van der Waals surface area contributed by atoms with E-state index in [2.05, 4.69) is 0 Å². The van der Waals surface area contributed by atoms with E-state index in [-0.39, 0.29) is 11.9 Å². The molecule has 1 aromatic carbocycles. The van der Waals surface area contributed by atoms with Crippen LogP contribution in [0.5, 0.6) is 0 Å². The van der Waals surface area contributed by atoms with Gasteiger partial charge in [0.25, 0.3) is 0 Å². The Bertz CT molecular complexity index is 652. The smallest absolute Gasteiger partial charge is 0.334 e. The van der Waals surface area contributed by atoms with Crippen molar-refractivity contribution in [3.63, 3.8) is 0 Å². The lowest BCUT2D eigenvalue weighted by molar-refractivity contribution is -0.135. The van der Waals surface area contributed by atoms with Gasteiger partial charge in [-0.3, -0.25) is 0 Å². The molecule has 0 radical (unpaired) electrons. The molecule has 0 atom stereocenters. The SMILES string of the molecule is C/C(=C1\CCOC1=O)c1cccc(/C(C)=C2\CCOC2=O)c1. The summed E-state index contributed by atoms with van der Waals surface area (Å²) < 4.78 is 10.0. The van der Waals surface area contributed by atoms with Gasteiger partial charge in [0.15, 0.2) is 0 Å². The summed E-state index contributed by atoms with van der Waals surface area (Å²) in [5.41, 5.74) is 5.33. The fraction of sp³-hybridized carbons (Fsp3) is 0.333. The molecule has 4 nitrogen and oxygen atoms in total. The third-order valence-corrected chi connectivity index (χ3v) is 4.30. The van der Waals surface area contributed by atoms with Gasteiger partial charge in [-0.1, -0.05) is 18.2 Å². The van der Waals surface area contributed by atoms with Crippen LogP contribution in [0.4, 0.5) is 0 Å². The first-order valence-corrected chi connectivity index (χ1v) is 7.42. The highest BCUT2D eigenvalue weighted by Gasteiger charge is 2.23. The Hall–Kier alpha value is -2.36. The summed E-state index contributed by atoms with van der Waals surface area (Å²) in [6.07, 6.45) is 1.31. The highest BCUT2D eigenvalue weighted by molar-refractivity contribution is 6.00. The summed E-state index contributed by atoms with van der Waals surface area (Å²) in [6, 6.07) is 7.91. The fourth-order valence-corrected chi connectivity index (χ4v) is 2.89.